The number of rotatable bonds is 0. The van der Waals surface area contributed by atoms with Gasteiger partial charge in [-0.15, -0.1) is 0 Å². The van der Waals surface area contributed by atoms with Gasteiger partial charge in [0.05, 0.1) is 12.8 Å². The number of hydrogen-bond donors (Lipinski definition) is 0. The molecule has 0 fully saturated rings. The summed E-state index contributed by atoms with van der Waals surface area (Å²) < 4.78 is 4.83. The largest absolute Gasteiger partial charge is 0.470 e. The summed E-state index contributed by atoms with van der Waals surface area (Å²) in [6.45, 7) is 6.64. The van der Waals surface area contributed by atoms with Crippen molar-refractivity contribution in [1.29, 1.82) is 0 Å². The summed E-state index contributed by atoms with van der Waals surface area (Å²) in [7, 11) is 0. The quantitative estimate of drug-likeness (QED) is 0.728. The zero-order chi connectivity index (χ0) is 13.9. The molecule has 2 aromatic heterocycles. The van der Waals surface area contributed by atoms with Crippen LogP contribution in [0.1, 0.15) is 18.5 Å². The van der Waals surface area contributed by atoms with Gasteiger partial charge in [0.25, 0.3) is 0 Å². The molecule has 1 aliphatic heterocycles. The molecule has 19 heavy (non-hydrogen) atoms. The molecule has 0 aromatic carbocycles. The van der Waals surface area contributed by atoms with Crippen molar-refractivity contribution in [3.8, 4) is 0 Å². The first-order valence-corrected chi connectivity index (χ1v) is 5.95. The van der Waals surface area contributed by atoms with Gasteiger partial charge in [0.1, 0.15) is 24.2 Å². The Morgan fingerprint density at radius 3 is 2.05 bits per heavy atom. The predicted molar refractivity (Wildman–Crippen MR) is 75.1 cm³/mol. The second kappa shape index (κ2) is 8.74. The van der Waals surface area contributed by atoms with Crippen molar-refractivity contribution in [3.63, 3.8) is 0 Å². The van der Waals surface area contributed by atoms with E-state index in [4.69, 9.17) is 4.42 Å². The first-order valence-electron chi connectivity index (χ1n) is 5.95. The highest BCUT2D eigenvalue weighted by atomic mass is 16.3. The number of furan rings is 1. The summed E-state index contributed by atoms with van der Waals surface area (Å²) in [5.74, 6) is 1.73. The Labute approximate surface area is 113 Å². The smallest absolute Gasteiger partial charge is 0.128 e. The van der Waals surface area contributed by atoms with Gasteiger partial charge < -0.3 is 4.42 Å². The van der Waals surface area contributed by atoms with Gasteiger partial charge in [0.15, 0.2) is 0 Å². The highest BCUT2D eigenvalue weighted by molar-refractivity contribution is 5.94. The van der Waals surface area contributed by atoms with Gasteiger partial charge in [-0.2, -0.15) is 0 Å². The van der Waals surface area contributed by atoms with Gasteiger partial charge in [-0.25, -0.2) is 15.0 Å². The fourth-order valence-electron chi connectivity index (χ4n) is 1.13. The van der Waals surface area contributed by atoms with Gasteiger partial charge in [-0.3, -0.25) is 4.99 Å². The van der Waals surface area contributed by atoms with E-state index in [1.807, 2.05) is 39.0 Å². The SMILES string of the molecule is CC1=NCC=C1.Cc1ccco1.Cc1ncncn1. The third kappa shape index (κ3) is 7.59. The van der Waals surface area contributed by atoms with Crippen LogP contribution in [-0.2, 0) is 0 Å². The minimum atomic E-state index is 0.759. The fourth-order valence-corrected chi connectivity index (χ4v) is 1.13. The Morgan fingerprint density at radius 1 is 1.11 bits per heavy atom. The summed E-state index contributed by atoms with van der Waals surface area (Å²) in [6.07, 6.45) is 8.69. The third-order valence-electron chi connectivity index (χ3n) is 2.09. The molecule has 2 aromatic rings. The molecule has 0 N–H and O–H groups in total. The van der Waals surface area contributed by atoms with Gasteiger partial charge >= 0.3 is 0 Å². The minimum absolute atomic E-state index is 0.759. The van der Waals surface area contributed by atoms with Crippen LogP contribution < -0.4 is 0 Å². The lowest BCUT2D eigenvalue weighted by Gasteiger charge is -1.80. The van der Waals surface area contributed by atoms with Gasteiger partial charge in [-0.1, -0.05) is 6.08 Å². The topological polar surface area (TPSA) is 64.2 Å². The van der Waals surface area contributed by atoms with Crippen LogP contribution in [0.3, 0.4) is 0 Å². The summed E-state index contributed by atoms with van der Waals surface area (Å²) in [5, 5.41) is 0. The predicted octanol–water partition coefficient (Wildman–Crippen LogP) is 2.79. The van der Waals surface area contributed by atoms with Crippen molar-refractivity contribution >= 4 is 5.71 Å². The summed E-state index contributed by atoms with van der Waals surface area (Å²) in [4.78, 5) is 15.2. The molecule has 0 amide bonds. The molecular weight excluding hydrogens is 240 g/mol. The molecule has 0 unspecified atom stereocenters. The number of aliphatic imine (C=N–C) groups is 1. The average molecular weight is 258 g/mol. The first-order chi connectivity index (χ1) is 9.18. The third-order valence-corrected chi connectivity index (χ3v) is 2.09. The summed E-state index contributed by atoms with van der Waals surface area (Å²) >= 11 is 0. The molecule has 0 saturated heterocycles. The number of allylic oxidation sites excluding steroid dienone is 1. The Morgan fingerprint density at radius 2 is 1.84 bits per heavy atom. The molecular formula is C14H18N4O. The zero-order valence-corrected chi connectivity index (χ0v) is 11.4. The van der Waals surface area contributed by atoms with Crippen molar-refractivity contribution in [2.24, 2.45) is 4.99 Å². The second-order valence-electron chi connectivity index (χ2n) is 3.79. The number of aryl methyl sites for hydroxylation is 2. The molecule has 0 bridgehead atoms. The van der Waals surface area contributed by atoms with E-state index in [1.165, 1.54) is 12.7 Å². The van der Waals surface area contributed by atoms with E-state index in [0.717, 1.165) is 23.8 Å². The molecule has 0 radical (unpaired) electrons. The van der Waals surface area contributed by atoms with E-state index in [0.29, 0.717) is 0 Å². The maximum Gasteiger partial charge on any atom is 0.128 e. The highest BCUT2D eigenvalue weighted by Gasteiger charge is 1.85. The van der Waals surface area contributed by atoms with E-state index in [2.05, 4.69) is 26.0 Å². The summed E-state index contributed by atoms with van der Waals surface area (Å²) in [5.41, 5.74) is 1.15. The molecule has 0 atom stereocenters. The zero-order valence-electron chi connectivity index (χ0n) is 11.4. The van der Waals surface area contributed by atoms with Crippen LogP contribution in [-0.4, -0.2) is 27.2 Å². The normalized spacial score (nSPS) is 11.8. The van der Waals surface area contributed by atoms with Crippen LogP contribution >= 0.6 is 0 Å². The van der Waals surface area contributed by atoms with E-state index in [9.17, 15) is 0 Å². The second-order valence-corrected chi connectivity index (χ2v) is 3.79. The Bertz CT molecular complexity index is 501. The van der Waals surface area contributed by atoms with Gasteiger partial charge in [-0.05, 0) is 39.0 Å². The average Bonchev–Trinajstić information content (AvgIpc) is 3.05. The Hall–Kier alpha value is -2.30. The Balaban J connectivity index is 0.000000143. The van der Waals surface area contributed by atoms with Crippen molar-refractivity contribution in [2.45, 2.75) is 20.8 Å². The standard InChI is InChI=1S/C5H7N.C5H6O.C4H5N3/c2*1-5-3-2-4-6-5;1-4-6-2-5-3-7-4/h2-3H,4H2,1H3;2-4H,1H3;2-3H,1H3. The number of aromatic nitrogens is 3. The minimum Gasteiger partial charge on any atom is -0.470 e. The first kappa shape index (κ1) is 14.8. The van der Waals surface area contributed by atoms with Crippen LogP contribution in [0.2, 0.25) is 0 Å². The number of hydrogen-bond acceptors (Lipinski definition) is 5. The lowest BCUT2D eigenvalue weighted by molar-refractivity contribution is 0.534. The molecule has 5 nitrogen and oxygen atoms in total. The molecule has 0 saturated carbocycles. The molecule has 3 heterocycles. The van der Waals surface area contributed by atoms with Crippen molar-refractivity contribution in [1.82, 2.24) is 15.0 Å². The molecule has 100 valence electrons. The van der Waals surface area contributed by atoms with Crippen LogP contribution in [0.15, 0.2) is 52.6 Å². The molecule has 1 aliphatic rings. The molecule has 5 heteroatoms. The summed E-state index contributed by atoms with van der Waals surface area (Å²) in [6, 6.07) is 3.79. The lowest BCUT2D eigenvalue weighted by atomic mass is 10.4. The highest BCUT2D eigenvalue weighted by Crippen LogP contribution is 1.93. The monoisotopic (exact) mass is 258 g/mol. The Kier molecular flexibility index (Phi) is 6.79. The maximum atomic E-state index is 4.83. The molecule has 0 aliphatic carbocycles. The van der Waals surface area contributed by atoms with Crippen LogP contribution in [0, 0.1) is 13.8 Å². The van der Waals surface area contributed by atoms with Crippen LogP contribution in [0.4, 0.5) is 0 Å². The van der Waals surface area contributed by atoms with Crippen molar-refractivity contribution in [2.75, 3.05) is 6.54 Å². The van der Waals surface area contributed by atoms with Crippen LogP contribution in [0.25, 0.3) is 0 Å². The number of nitrogens with zero attached hydrogens (tertiary/aromatic N) is 4. The van der Waals surface area contributed by atoms with Crippen molar-refractivity contribution < 1.29 is 4.42 Å². The maximum absolute atomic E-state index is 4.83. The van der Waals surface area contributed by atoms with Crippen molar-refractivity contribution in [3.05, 3.63) is 54.8 Å². The van der Waals surface area contributed by atoms with E-state index >= 15 is 0 Å². The fraction of sp³-hybridized carbons (Fsp3) is 0.286. The molecule has 0 spiro atoms. The van der Waals surface area contributed by atoms with Gasteiger partial charge in [0.2, 0.25) is 0 Å². The van der Waals surface area contributed by atoms with E-state index in [1.54, 1.807) is 6.26 Å². The lowest BCUT2D eigenvalue weighted by Crippen LogP contribution is -1.84. The van der Waals surface area contributed by atoms with E-state index < -0.39 is 0 Å². The molecule has 3 rings (SSSR count). The van der Waals surface area contributed by atoms with Gasteiger partial charge in [0, 0.05) is 5.71 Å². The van der Waals surface area contributed by atoms with E-state index in [-0.39, 0.29) is 0 Å². The van der Waals surface area contributed by atoms with Crippen LogP contribution in [0.5, 0.6) is 0 Å².